The van der Waals surface area contributed by atoms with Crippen molar-refractivity contribution in [2.24, 2.45) is 0 Å². The van der Waals surface area contributed by atoms with E-state index in [4.69, 9.17) is 6.42 Å². The summed E-state index contributed by atoms with van der Waals surface area (Å²) in [5, 5.41) is 2.61. The van der Waals surface area contributed by atoms with E-state index in [1.807, 2.05) is 0 Å². The third-order valence-corrected chi connectivity index (χ3v) is 2.97. The van der Waals surface area contributed by atoms with Crippen molar-refractivity contribution in [3.63, 3.8) is 0 Å². The molecule has 0 spiro atoms. The minimum Gasteiger partial charge on any atom is -0.335 e. The molecule has 1 aromatic heterocycles. The van der Waals surface area contributed by atoms with E-state index >= 15 is 0 Å². The summed E-state index contributed by atoms with van der Waals surface area (Å²) in [4.78, 5) is 20.4. The molecule has 8 heteroatoms. The number of carbonyl (C=O) groups excluding carboxylic acids is 1. The minimum atomic E-state index is -4.57. The first kappa shape index (κ1) is 17.3. The maximum Gasteiger partial charge on any atom is 0.433 e. The van der Waals surface area contributed by atoms with Crippen molar-refractivity contribution >= 4 is 17.5 Å². The second-order valence-corrected chi connectivity index (χ2v) is 4.87. The van der Waals surface area contributed by atoms with Crippen molar-refractivity contribution in [3.8, 4) is 12.3 Å². The molecule has 1 aromatic carbocycles. The van der Waals surface area contributed by atoms with Gasteiger partial charge >= 0.3 is 6.18 Å². The maximum absolute atomic E-state index is 12.6. The third-order valence-electron chi connectivity index (χ3n) is 2.97. The van der Waals surface area contributed by atoms with Gasteiger partial charge in [0.05, 0.1) is 6.54 Å². The lowest BCUT2D eigenvalue weighted by atomic mass is 10.2. The van der Waals surface area contributed by atoms with Gasteiger partial charge in [-0.3, -0.25) is 4.79 Å². The zero-order valence-electron chi connectivity index (χ0n) is 12.6. The second-order valence-electron chi connectivity index (χ2n) is 4.87. The Morgan fingerprint density at radius 1 is 1.38 bits per heavy atom. The number of nitrogens with zero attached hydrogens (tertiary/aromatic N) is 3. The van der Waals surface area contributed by atoms with E-state index in [1.54, 1.807) is 24.3 Å². The topological polar surface area (TPSA) is 58.1 Å². The standard InChI is InChI=1S/C16H13F3N4O/c1-3-11-5-4-6-12(9-11)21-14(24)10-23(2)15-20-8-7-13(22-15)16(17,18)19/h1,4-9H,10H2,2H3,(H,21,24). The Morgan fingerprint density at radius 2 is 2.12 bits per heavy atom. The van der Waals surface area contributed by atoms with Crippen molar-refractivity contribution in [1.82, 2.24) is 9.97 Å². The van der Waals surface area contributed by atoms with Gasteiger partial charge in [0.1, 0.15) is 5.69 Å². The molecule has 0 aliphatic heterocycles. The number of anilines is 2. The van der Waals surface area contributed by atoms with Crippen LogP contribution < -0.4 is 10.2 Å². The van der Waals surface area contributed by atoms with Crippen molar-refractivity contribution in [3.05, 3.63) is 47.8 Å². The van der Waals surface area contributed by atoms with Gasteiger partial charge in [-0.25, -0.2) is 9.97 Å². The van der Waals surface area contributed by atoms with Crippen LogP contribution in [0.2, 0.25) is 0 Å². The van der Waals surface area contributed by atoms with Gasteiger partial charge in [-0.2, -0.15) is 13.2 Å². The number of rotatable bonds is 4. The smallest absolute Gasteiger partial charge is 0.335 e. The number of benzene rings is 1. The molecule has 1 heterocycles. The van der Waals surface area contributed by atoms with Gasteiger partial charge in [-0.15, -0.1) is 6.42 Å². The van der Waals surface area contributed by atoms with Gasteiger partial charge < -0.3 is 10.2 Å². The lowest BCUT2D eigenvalue weighted by Gasteiger charge is -2.17. The first-order valence-electron chi connectivity index (χ1n) is 6.77. The van der Waals surface area contributed by atoms with E-state index in [-0.39, 0.29) is 12.5 Å². The molecule has 0 radical (unpaired) electrons. The van der Waals surface area contributed by atoms with E-state index in [2.05, 4.69) is 21.2 Å². The van der Waals surface area contributed by atoms with Crippen molar-refractivity contribution in [1.29, 1.82) is 0 Å². The molecule has 0 saturated heterocycles. The monoisotopic (exact) mass is 334 g/mol. The van der Waals surface area contributed by atoms with E-state index in [0.29, 0.717) is 11.3 Å². The molecule has 2 rings (SSSR count). The summed E-state index contributed by atoms with van der Waals surface area (Å²) < 4.78 is 37.9. The molecular formula is C16H13F3N4O. The van der Waals surface area contributed by atoms with E-state index in [1.165, 1.54) is 11.9 Å². The lowest BCUT2D eigenvalue weighted by molar-refractivity contribution is -0.141. The number of terminal acetylenes is 1. The van der Waals surface area contributed by atoms with Crippen LogP contribution >= 0.6 is 0 Å². The highest BCUT2D eigenvalue weighted by Crippen LogP contribution is 2.27. The van der Waals surface area contributed by atoms with Gasteiger partial charge in [0, 0.05) is 24.5 Å². The quantitative estimate of drug-likeness (QED) is 0.873. The van der Waals surface area contributed by atoms with Gasteiger partial charge in [-0.1, -0.05) is 12.0 Å². The highest BCUT2D eigenvalue weighted by molar-refractivity contribution is 5.93. The fourth-order valence-electron chi connectivity index (χ4n) is 1.86. The van der Waals surface area contributed by atoms with Gasteiger partial charge in [-0.05, 0) is 24.3 Å². The average molecular weight is 334 g/mol. The van der Waals surface area contributed by atoms with Gasteiger partial charge in [0.25, 0.3) is 0 Å². The SMILES string of the molecule is C#Cc1cccc(NC(=O)CN(C)c2nccc(C(F)(F)F)n2)c1. The zero-order chi connectivity index (χ0) is 17.7. The van der Waals surface area contributed by atoms with Crippen molar-refractivity contribution in [2.45, 2.75) is 6.18 Å². The van der Waals surface area contributed by atoms with Crippen molar-refractivity contribution < 1.29 is 18.0 Å². The number of alkyl halides is 3. The van der Waals surface area contributed by atoms with Crippen LogP contribution in [0.1, 0.15) is 11.3 Å². The third kappa shape index (κ3) is 4.46. The normalized spacial score (nSPS) is 10.8. The number of likely N-dealkylation sites (N-methyl/N-ethyl adjacent to an activating group) is 1. The second kappa shape index (κ2) is 7.00. The molecule has 1 N–H and O–H groups in total. The summed E-state index contributed by atoms with van der Waals surface area (Å²) in [6, 6.07) is 7.42. The first-order chi connectivity index (χ1) is 11.3. The predicted octanol–water partition coefficient (Wildman–Crippen LogP) is 2.55. The highest BCUT2D eigenvalue weighted by Gasteiger charge is 2.33. The summed E-state index contributed by atoms with van der Waals surface area (Å²) in [5.74, 6) is 1.81. The van der Waals surface area contributed by atoms with Gasteiger partial charge in [0.15, 0.2) is 0 Å². The van der Waals surface area contributed by atoms with Crippen LogP contribution in [-0.4, -0.2) is 29.5 Å². The summed E-state index contributed by atoms with van der Waals surface area (Å²) in [5.41, 5.74) is 0.0256. The number of amides is 1. The molecule has 1 amide bonds. The van der Waals surface area contributed by atoms with Crippen LogP contribution in [0.15, 0.2) is 36.5 Å². The Bertz CT molecular complexity index is 783. The molecule has 124 valence electrons. The minimum absolute atomic E-state index is 0.197. The Hall–Kier alpha value is -3.08. The molecule has 0 saturated carbocycles. The molecule has 0 fully saturated rings. The summed E-state index contributed by atoms with van der Waals surface area (Å²) in [6.07, 6.45) is 1.70. The summed E-state index contributed by atoms with van der Waals surface area (Å²) in [6.45, 7) is -0.221. The van der Waals surface area contributed by atoms with Crippen LogP contribution in [0.25, 0.3) is 0 Å². The maximum atomic E-state index is 12.6. The fourth-order valence-corrected chi connectivity index (χ4v) is 1.86. The molecule has 24 heavy (non-hydrogen) atoms. The Labute approximate surface area is 136 Å². The van der Waals surface area contributed by atoms with E-state index in [0.717, 1.165) is 12.3 Å². The Kier molecular flexibility index (Phi) is 5.04. The van der Waals surface area contributed by atoms with E-state index < -0.39 is 17.8 Å². The number of hydrogen-bond acceptors (Lipinski definition) is 4. The lowest BCUT2D eigenvalue weighted by Crippen LogP contribution is -2.31. The van der Waals surface area contributed by atoms with Crippen LogP contribution in [0.4, 0.5) is 24.8 Å². The number of aromatic nitrogens is 2. The van der Waals surface area contributed by atoms with Crippen LogP contribution in [-0.2, 0) is 11.0 Å². The summed E-state index contributed by atoms with van der Waals surface area (Å²) in [7, 11) is 1.42. The Morgan fingerprint density at radius 3 is 2.79 bits per heavy atom. The number of hydrogen-bond donors (Lipinski definition) is 1. The molecule has 0 bridgehead atoms. The zero-order valence-corrected chi connectivity index (χ0v) is 12.6. The molecule has 0 unspecified atom stereocenters. The van der Waals surface area contributed by atoms with E-state index in [9.17, 15) is 18.0 Å². The van der Waals surface area contributed by atoms with Gasteiger partial charge in [0.2, 0.25) is 11.9 Å². The number of carbonyl (C=O) groups is 1. The summed E-state index contributed by atoms with van der Waals surface area (Å²) >= 11 is 0. The highest BCUT2D eigenvalue weighted by atomic mass is 19.4. The van der Waals surface area contributed by atoms with Crippen LogP contribution in [0.5, 0.6) is 0 Å². The molecule has 2 aromatic rings. The fraction of sp³-hybridized carbons (Fsp3) is 0.188. The molecule has 5 nitrogen and oxygen atoms in total. The molecule has 0 aliphatic rings. The van der Waals surface area contributed by atoms with Crippen LogP contribution in [0.3, 0.4) is 0 Å². The largest absolute Gasteiger partial charge is 0.433 e. The molecule has 0 atom stereocenters. The van der Waals surface area contributed by atoms with Crippen molar-refractivity contribution in [2.75, 3.05) is 23.8 Å². The first-order valence-corrected chi connectivity index (χ1v) is 6.77. The number of nitrogens with one attached hydrogen (secondary N) is 1. The molecule has 0 aliphatic carbocycles. The predicted molar refractivity (Wildman–Crippen MR) is 83.3 cm³/mol. The van der Waals surface area contributed by atoms with Crippen LogP contribution in [0, 0.1) is 12.3 Å². The molecular weight excluding hydrogens is 321 g/mol. The Balaban J connectivity index is 2.05. The number of halogens is 3. The average Bonchev–Trinajstić information content (AvgIpc) is 2.54.